The van der Waals surface area contributed by atoms with E-state index in [0.29, 0.717) is 6.04 Å². The molecule has 0 amide bonds. The van der Waals surface area contributed by atoms with E-state index in [2.05, 4.69) is 31.0 Å². The zero-order valence-corrected chi connectivity index (χ0v) is 11.5. The lowest BCUT2D eigenvalue weighted by Gasteiger charge is -2.20. The molecule has 2 heteroatoms. The zero-order valence-electron chi connectivity index (χ0n) is 11.5. The molecule has 0 aromatic rings. The Hall–Kier alpha value is -0.0800. The maximum atomic E-state index is 3.48. The van der Waals surface area contributed by atoms with E-state index in [-0.39, 0.29) is 0 Å². The molecule has 2 nitrogen and oxygen atoms in total. The fourth-order valence-electron chi connectivity index (χ4n) is 2.28. The quantitative estimate of drug-likeness (QED) is 0.576. The number of unbranched alkanes of at least 4 members (excludes halogenated alkanes) is 1. The van der Waals surface area contributed by atoms with Crippen molar-refractivity contribution in [2.45, 2.75) is 58.9 Å². The third-order valence-corrected chi connectivity index (χ3v) is 3.57. The van der Waals surface area contributed by atoms with E-state index >= 15 is 0 Å². The highest BCUT2D eigenvalue weighted by Gasteiger charge is 2.23. The van der Waals surface area contributed by atoms with Crippen molar-refractivity contribution in [3.8, 4) is 0 Å². The normalized spacial score (nSPS) is 18.0. The molecule has 1 unspecified atom stereocenters. The molecule has 1 saturated carbocycles. The van der Waals surface area contributed by atoms with Crippen molar-refractivity contribution >= 4 is 0 Å². The van der Waals surface area contributed by atoms with E-state index in [1.165, 1.54) is 51.7 Å². The standard InChI is InChI=1S/C14H30N2/c1-4-15-13(3)8-6-7-11-16(5-2)12-14-9-10-14/h13-15H,4-12H2,1-3H3. The number of rotatable bonds is 10. The number of nitrogens with one attached hydrogen (secondary N) is 1. The van der Waals surface area contributed by atoms with Gasteiger partial charge in [-0.1, -0.05) is 20.3 Å². The summed E-state index contributed by atoms with van der Waals surface area (Å²) >= 11 is 0. The van der Waals surface area contributed by atoms with Gasteiger partial charge in [-0.3, -0.25) is 0 Å². The maximum Gasteiger partial charge on any atom is 0.00386 e. The van der Waals surface area contributed by atoms with Gasteiger partial charge in [0.05, 0.1) is 0 Å². The van der Waals surface area contributed by atoms with Crippen molar-refractivity contribution in [3.63, 3.8) is 0 Å². The van der Waals surface area contributed by atoms with E-state index in [9.17, 15) is 0 Å². The Morgan fingerprint density at radius 1 is 1.25 bits per heavy atom. The molecule has 1 N–H and O–H groups in total. The summed E-state index contributed by atoms with van der Waals surface area (Å²) in [6.45, 7) is 11.8. The maximum absolute atomic E-state index is 3.48. The minimum Gasteiger partial charge on any atom is -0.315 e. The number of hydrogen-bond acceptors (Lipinski definition) is 2. The molecule has 1 aliphatic carbocycles. The third-order valence-electron chi connectivity index (χ3n) is 3.57. The van der Waals surface area contributed by atoms with Crippen molar-refractivity contribution in [2.24, 2.45) is 5.92 Å². The van der Waals surface area contributed by atoms with E-state index in [1.54, 1.807) is 0 Å². The Morgan fingerprint density at radius 3 is 2.56 bits per heavy atom. The van der Waals surface area contributed by atoms with Crippen molar-refractivity contribution < 1.29 is 0 Å². The van der Waals surface area contributed by atoms with Crippen molar-refractivity contribution in [1.82, 2.24) is 10.2 Å². The van der Waals surface area contributed by atoms with Gasteiger partial charge in [-0.2, -0.15) is 0 Å². The van der Waals surface area contributed by atoms with E-state index in [1.807, 2.05) is 0 Å². The third kappa shape index (κ3) is 6.49. The van der Waals surface area contributed by atoms with Crippen LogP contribution >= 0.6 is 0 Å². The molecule has 0 bridgehead atoms. The molecule has 0 aliphatic heterocycles. The Labute approximate surface area is 102 Å². The first kappa shape index (κ1) is 14.0. The molecule has 96 valence electrons. The molecule has 16 heavy (non-hydrogen) atoms. The summed E-state index contributed by atoms with van der Waals surface area (Å²) in [5.41, 5.74) is 0. The van der Waals surface area contributed by atoms with Gasteiger partial charge >= 0.3 is 0 Å². The summed E-state index contributed by atoms with van der Waals surface area (Å²) in [7, 11) is 0. The van der Waals surface area contributed by atoms with Crippen LogP contribution in [0.15, 0.2) is 0 Å². The second-order valence-corrected chi connectivity index (χ2v) is 5.29. The van der Waals surface area contributed by atoms with Crippen LogP contribution in [0.1, 0.15) is 52.9 Å². The van der Waals surface area contributed by atoms with Crippen LogP contribution < -0.4 is 5.32 Å². The molecule has 1 aliphatic rings. The van der Waals surface area contributed by atoms with E-state index in [4.69, 9.17) is 0 Å². The van der Waals surface area contributed by atoms with Gasteiger partial charge in [0, 0.05) is 12.6 Å². The summed E-state index contributed by atoms with van der Waals surface area (Å²) < 4.78 is 0. The van der Waals surface area contributed by atoms with Crippen LogP contribution in [0.5, 0.6) is 0 Å². The first-order valence-electron chi connectivity index (χ1n) is 7.22. The lowest BCUT2D eigenvalue weighted by atomic mass is 10.1. The van der Waals surface area contributed by atoms with Gasteiger partial charge in [-0.15, -0.1) is 0 Å². The van der Waals surface area contributed by atoms with Crippen molar-refractivity contribution in [3.05, 3.63) is 0 Å². The molecular formula is C14H30N2. The average Bonchev–Trinajstić information content (AvgIpc) is 3.07. The minimum absolute atomic E-state index is 0.698. The summed E-state index contributed by atoms with van der Waals surface area (Å²) in [6.07, 6.45) is 7.03. The molecule has 1 atom stereocenters. The first-order chi connectivity index (χ1) is 7.76. The summed E-state index contributed by atoms with van der Waals surface area (Å²) in [5.74, 6) is 1.04. The molecule has 0 spiro atoms. The molecule has 0 aromatic carbocycles. The topological polar surface area (TPSA) is 15.3 Å². The smallest absolute Gasteiger partial charge is 0.00386 e. The minimum atomic E-state index is 0.698. The first-order valence-corrected chi connectivity index (χ1v) is 7.22. The van der Waals surface area contributed by atoms with Gasteiger partial charge in [-0.05, 0) is 58.2 Å². The summed E-state index contributed by atoms with van der Waals surface area (Å²) in [4.78, 5) is 2.63. The Bertz CT molecular complexity index is 166. The van der Waals surface area contributed by atoms with Gasteiger partial charge in [0.15, 0.2) is 0 Å². The second-order valence-electron chi connectivity index (χ2n) is 5.29. The van der Waals surface area contributed by atoms with Crippen LogP contribution in [0.3, 0.4) is 0 Å². The van der Waals surface area contributed by atoms with Crippen molar-refractivity contribution in [1.29, 1.82) is 0 Å². The predicted molar refractivity (Wildman–Crippen MR) is 71.8 cm³/mol. The fourth-order valence-corrected chi connectivity index (χ4v) is 2.28. The average molecular weight is 226 g/mol. The number of nitrogens with zero attached hydrogens (tertiary/aromatic N) is 1. The Morgan fingerprint density at radius 2 is 2.00 bits per heavy atom. The second kappa shape index (κ2) is 8.08. The van der Waals surface area contributed by atoms with Crippen LogP contribution in [0.4, 0.5) is 0 Å². The van der Waals surface area contributed by atoms with Crippen LogP contribution in [-0.2, 0) is 0 Å². The number of hydrogen-bond donors (Lipinski definition) is 1. The lowest BCUT2D eigenvalue weighted by molar-refractivity contribution is 0.268. The summed E-state index contributed by atoms with van der Waals surface area (Å²) in [5, 5.41) is 3.48. The molecule has 1 fully saturated rings. The van der Waals surface area contributed by atoms with Crippen LogP contribution in [-0.4, -0.2) is 37.1 Å². The predicted octanol–water partition coefficient (Wildman–Crippen LogP) is 2.89. The summed E-state index contributed by atoms with van der Waals surface area (Å²) in [6, 6.07) is 0.698. The highest BCUT2D eigenvalue weighted by atomic mass is 15.1. The van der Waals surface area contributed by atoms with Gasteiger partial charge < -0.3 is 10.2 Å². The molecule has 1 rings (SSSR count). The molecule has 0 aromatic heterocycles. The van der Waals surface area contributed by atoms with E-state index in [0.717, 1.165) is 12.5 Å². The highest BCUT2D eigenvalue weighted by Crippen LogP contribution is 2.29. The highest BCUT2D eigenvalue weighted by molar-refractivity contribution is 4.76. The zero-order chi connectivity index (χ0) is 11.8. The van der Waals surface area contributed by atoms with Gasteiger partial charge in [0.25, 0.3) is 0 Å². The van der Waals surface area contributed by atoms with Crippen LogP contribution in [0.25, 0.3) is 0 Å². The molecule has 0 radical (unpaired) electrons. The SMILES string of the molecule is CCNC(C)CCCCN(CC)CC1CC1. The van der Waals surface area contributed by atoms with E-state index < -0.39 is 0 Å². The van der Waals surface area contributed by atoms with Gasteiger partial charge in [-0.25, -0.2) is 0 Å². The van der Waals surface area contributed by atoms with Gasteiger partial charge in [0.2, 0.25) is 0 Å². The largest absolute Gasteiger partial charge is 0.315 e. The molecule has 0 heterocycles. The Kier molecular flexibility index (Phi) is 7.06. The van der Waals surface area contributed by atoms with Crippen LogP contribution in [0.2, 0.25) is 0 Å². The van der Waals surface area contributed by atoms with Crippen LogP contribution in [0, 0.1) is 5.92 Å². The lowest BCUT2D eigenvalue weighted by Crippen LogP contribution is -2.28. The van der Waals surface area contributed by atoms with Gasteiger partial charge in [0.1, 0.15) is 0 Å². The molecular weight excluding hydrogens is 196 g/mol. The van der Waals surface area contributed by atoms with Crippen molar-refractivity contribution in [2.75, 3.05) is 26.2 Å². The monoisotopic (exact) mass is 226 g/mol. The fraction of sp³-hybridized carbons (Fsp3) is 1.00. The Balaban J connectivity index is 1.95. The molecule has 0 saturated heterocycles.